The van der Waals surface area contributed by atoms with Gasteiger partial charge in [0.05, 0.1) is 12.2 Å². The Balaban J connectivity index is 1.58. The first-order valence-corrected chi connectivity index (χ1v) is 13.1. The molecule has 3 heteroatoms. The summed E-state index contributed by atoms with van der Waals surface area (Å²) in [6.45, 7) is 12.6. The second-order valence-corrected chi connectivity index (χ2v) is 12.4. The number of hydrogen-bond donors (Lipinski definition) is 3. The summed E-state index contributed by atoms with van der Waals surface area (Å²) in [5.41, 5.74) is 2.90. The van der Waals surface area contributed by atoms with E-state index in [1.807, 2.05) is 0 Å². The van der Waals surface area contributed by atoms with Crippen LogP contribution in [0.2, 0.25) is 0 Å². The van der Waals surface area contributed by atoms with E-state index in [1.165, 1.54) is 38.5 Å². The molecule has 0 aromatic rings. The second-order valence-electron chi connectivity index (χ2n) is 12.4. The predicted octanol–water partition coefficient (Wildman–Crippen LogP) is 5.71. The number of rotatable bonds is 4. The van der Waals surface area contributed by atoms with Gasteiger partial charge in [-0.25, -0.2) is 0 Å². The number of aliphatic hydroxyl groups is 3. The molecule has 0 bridgehead atoms. The molecule has 0 aromatic heterocycles. The number of hydrogen-bond acceptors (Lipinski definition) is 3. The van der Waals surface area contributed by atoms with E-state index in [0.717, 1.165) is 29.9 Å². The number of allylic oxidation sites excluding steroid dienone is 3. The standard InChI is InChI=1S/C30H44O3/c1-20-22(18-24(31)19-26(20)32)10-9-21-8-6-16-30(5)25(21)13-14-27(30)29(4,23-11-12-23)17-7-15-28(2,3)33/h9-10,23-27,31-33H,1,6,8,11-14,16-19H2,2-5H3/b21-9+,22-10-/t24-,25+,26?,27-,29-,30+/m1/s1. The molecule has 0 spiro atoms. The highest BCUT2D eigenvalue weighted by Gasteiger charge is 2.58. The maximum Gasteiger partial charge on any atom is 0.119 e. The Bertz CT molecular complexity index is 890. The lowest BCUT2D eigenvalue weighted by atomic mass is 9.55. The van der Waals surface area contributed by atoms with Crippen LogP contribution in [0.25, 0.3) is 0 Å². The van der Waals surface area contributed by atoms with Crippen molar-refractivity contribution in [2.24, 2.45) is 28.6 Å². The molecule has 4 aliphatic rings. The molecule has 182 valence electrons. The van der Waals surface area contributed by atoms with Crippen LogP contribution in [0.5, 0.6) is 0 Å². The van der Waals surface area contributed by atoms with Crippen molar-refractivity contribution >= 4 is 0 Å². The van der Waals surface area contributed by atoms with E-state index >= 15 is 0 Å². The lowest BCUT2D eigenvalue weighted by Gasteiger charge is -2.49. The number of aliphatic hydroxyl groups excluding tert-OH is 2. The molecule has 4 fully saturated rings. The first-order valence-electron chi connectivity index (χ1n) is 13.1. The molecule has 1 unspecified atom stereocenters. The molecular weight excluding hydrogens is 408 g/mol. The summed E-state index contributed by atoms with van der Waals surface area (Å²) in [6, 6.07) is 0. The van der Waals surface area contributed by atoms with Gasteiger partial charge < -0.3 is 15.3 Å². The SMILES string of the molecule is C=C1/C(=C\C=C2/CCC[C@@]3(C)[C@H]2CC[C@@H]3[C@](C)(CC#CC(C)(C)O)C2CC2)C[C@@H](O)CC1O. The monoisotopic (exact) mass is 452 g/mol. The molecule has 0 aliphatic heterocycles. The van der Waals surface area contributed by atoms with Crippen molar-refractivity contribution in [3.05, 3.63) is 35.5 Å². The smallest absolute Gasteiger partial charge is 0.119 e. The van der Waals surface area contributed by atoms with Crippen molar-refractivity contribution in [3.8, 4) is 11.8 Å². The Morgan fingerprint density at radius 3 is 2.52 bits per heavy atom. The second kappa shape index (κ2) is 9.03. The van der Waals surface area contributed by atoms with Crippen LogP contribution in [0.1, 0.15) is 91.9 Å². The van der Waals surface area contributed by atoms with Crippen molar-refractivity contribution in [1.29, 1.82) is 0 Å². The topological polar surface area (TPSA) is 60.7 Å². The lowest BCUT2D eigenvalue weighted by Crippen LogP contribution is -2.42. The third kappa shape index (κ3) is 5.04. The van der Waals surface area contributed by atoms with Crippen LogP contribution in [0.15, 0.2) is 35.5 Å². The Labute approximate surface area is 201 Å². The molecule has 0 amide bonds. The lowest BCUT2D eigenvalue weighted by molar-refractivity contribution is 0.0226. The fourth-order valence-corrected chi connectivity index (χ4v) is 7.53. The summed E-state index contributed by atoms with van der Waals surface area (Å²) in [5.74, 6) is 8.49. The maximum atomic E-state index is 10.2. The third-order valence-corrected chi connectivity index (χ3v) is 9.40. The summed E-state index contributed by atoms with van der Waals surface area (Å²) in [4.78, 5) is 0. The van der Waals surface area contributed by atoms with E-state index in [1.54, 1.807) is 19.4 Å². The predicted molar refractivity (Wildman–Crippen MR) is 134 cm³/mol. The molecule has 4 aliphatic carbocycles. The molecule has 4 rings (SSSR count). The highest BCUT2D eigenvalue weighted by Crippen LogP contribution is 2.67. The van der Waals surface area contributed by atoms with Gasteiger partial charge in [0.25, 0.3) is 0 Å². The van der Waals surface area contributed by atoms with E-state index in [0.29, 0.717) is 30.1 Å². The molecule has 0 heterocycles. The maximum absolute atomic E-state index is 10.2. The van der Waals surface area contributed by atoms with Crippen LogP contribution in [0.3, 0.4) is 0 Å². The Morgan fingerprint density at radius 1 is 1.12 bits per heavy atom. The van der Waals surface area contributed by atoms with E-state index in [2.05, 4.69) is 44.4 Å². The van der Waals surface area contributed by atoms with E-state index in [9.17, 15) is 15.3 Å². The molecule has 0 radical (unpaired) electrons. The van der Waals surface area contributed by atoms with Gasteiger partial charge in [-0.05, 0) is 105 Å². The van der Waals surface area contributed by atoms with Crippen LogP contribution in [-0.4, -0.2) is 33.1 Å². The zero-order valence-electron chi connectivity index (χ0n) is 21.2. The van der Waals surface area contributed by atoms with Gasteiger partial charge >= 0.3 is 0 Å². The highest BCUT2D eigenvalue weighted by atomic mass is 16.3. The quantitative estimate of drug-likeness (QED) is 0.479. The van der Waals surface area contributed by atoms with Gasteiger partial charge in [-0.3, -0.25) is 0 Å². The van der Waals surface area contributed by atoms with Crippen molar-refractivity contribution in [2.45, 2.75) is 110 Å². The summed E-state index contributed by atoms with van der Waals surface area (Å²) < 4.78 is 0. The molecule has 0 aromatic carbocycles. The zero-order valence-corrected chi connectivity index (χ0v) is 21.2. The minimum atomic E-state index is -0.925. The summed E-state index contributed by atoms with van der Waals surface area (Å²) >= 11 is 0. The summed E-state index contributed by atoms with van der Waals surface area (Å²) in [6.07, 6.45) is 14.0. The highest BCUT2D eigenvalue weighted by molar-refractivity contribution is 5.38. The Morgan fingerprint density at radius 2 is 1.85 bits per heavy atom. The van der Waals surface area contributed by atoms with Crippen molar-refractivity contribution in [1.82, 2.24) is 0 Å². The van der Waals surface area contributed by atoms with Gasteiger partial charge in [0.15, 0.2) is 0 Å². The van der Waals surface area contributed by atoms with Crippen LogP contribution >= 0.6 is 0 Å². The molecule has 0 saturated heterocycles. The Hall–Kier alpha value is -1.34. The summed E-state index contributed by atoms with van der Waals surface area (Å²) in [7, 11) is 0. The van der Waals surface area contributed by atoms with Crippen molar-refractivity contribution < 1.29 is 15.3 Å². The minimum absolute atomic E-state index is 0.217. The first kappa shape index (κ1) is 24.8. The normalized spacial score (nSPS) is 39.2. The van der Waals surface area contributed by atoms with Crippen LogP contribution in [0, 0.1) is 40.4 Å². The molecular formula is C30H44O3. The van der Waals surface area contributed by atoms with E-state index in [4.69, 9.17) is 0 Å². The average molecular weight is 453 g/mol. The summed E-state index contributed by atoms with van der Waals surface area (Å²) in [5, 5.41) is 30.4. The van der Waals surface area contributed by atoms with Gasteiger partial charge in [-0.2, -0.15) is 0 Å². The van der Waals surface area contributed by atoms with Crippen molar-refractivity contribution in [3.63, 3.8) is 0 Å². The minimum Gasteiger partial charge on any atom is -0.393 e. The molecule has 4 saturated carbocycles. The van der Waals surface area contributed by atoms with Gasteiger partial charge in [0.2, 0.25) is 0 Å². The van der Waals surface area contributed by atoms with Crippen molar-refractivity contribution in [2.75, 3.05) is 0 Å². The molecule has 3 N–H and O–H groups in total. The van der Waals surface area contributed by atoms with Gasteiger partial charge in [-0.15, -0.1) is 0 Å². The fraction of sp³-hybridized carbons (Fsp3) is 0.733. The van der Waals surface area contributed by atoms with Gasteiger partial charge in [0.1, 0.15) is 5.60 Å². The zero-order chi connectivity index (χ0) is 24.0. The van der Waals surface area contributed by atoms with E-state index in [-0.39, 0.29) is 5.41 Å². The van der Waals surface area contributed by atoms with Gasteiger partial charge in [-0.1, -0.05) is 50.0 Å². The average Bonchev–Trinajstić information content (AvgIpc) is 3.50. The fourth-order valence-electron chi connectivity index (χ4n) is 7.53. The molecule has 3 nitrogen and oxygen atoms in total. The largest absolute Gasteiger partial charge is 0.393 e. The third-order valence-electron chi connectivity index (χ3n) is 9.40. The Kier molecular flexibility index (Phi) is 6.78. The van der Waals surface area contributed by atoms with Gasteiger partial charge in [0, 0.05) is 12.8 Å². The molecule has 33 heavy (non-hydrogen) atoms. The molecule has 6 atom stereocenters. The van der Waals surface area contributed by atoms with E-state index < -0.39 is 17.8 Å². The first-order chi connectivity index (χ1) is 15.4. The van der Waals surface area contributed by atoms with Crippen LogP contribution in [-0.2, 0) is 0 Å². The number of fused-ring (bicyclic) bond motifs is 1. The van der Waals surface area contributed by atoms with Crippen LogP contribution in [0.4, 0.5) is 0 Å². The van der Waals surface area contributed by atoms with Crippen LogP contribution < -0.4 is 0 Å².